The summed E-state index contributed by atoms with van der Waals surface area (Å²) in [5.41, 5.74) is 0.228. The zero-order valence-electron chi connectivity index (χ0n) is 16.3. The lowest BCUT2D eigenvalue weighted by atomic mass is 9.90. The van der Waals surface area contributed by atoms with Crippen LogP contribution in [0, 0.1) is 5.92 Å². The molecule has 0 unspecified atom stereocenters. The van der Waals surface area contributed by atoms with Gasteiger partial charge < -0.3 is 4.90 Å². The third-order valence-electron chi connectivity index (χ3n) is 5.57. The first kappa shape index (κ1) is 20.2. The van der Waals surface area contributed by atoms with Crippen LogP contribution in [0.1, 0.15) is 34.5 Å². The molecule has 1 aromatic heterocycles. The van der Waals surface area contributed by atoms with Crippen molar-refractivity contribution in [1.82, 2.24) is 9.78 Å². The molecule has 1 saturated heterocycles. The molecule has 0 amide bonds. The second-order valence-electron chi connectivity index (χ2n) is 7.57. The number of para-hydroxylation sites is 1. The number of hydrogen-bond donors (Lipinski definition) is 0. The number of aromatic nitrogens is 2. The van der Waals surface area contributed by atoms with E-state index in [2.05, 4.69) is 17.2 Å². The number of alkyl halides is 3. The van der Waals surface area contributed by atoms with Crippen LogP contribution in [-0.4, -0.2) is 29.2 Å². The molecule has 2 heterocycles. The highest BCUT2D eigenvalue weighted by molar-refractivity contribution is 5.86. The van der Waals surface area contributed by atoms with Gasteiger partial charge in [-0.3, -0.25) is 4.79 Å². The Kier molecular flexibility index (Phi) is 5.61. The van der Waals surface area contributed by atoms with Crippen LogP contribution in [0.15, 0.2) is 60.7 Å². The lowest BCUT2D eigenvalue weighted by Crippen LogP contribution is -2.36. The molecular weight excluding hydrogens is 391 g/mol. The number of carbonyl (C=O) groups excluding carboxylic acids is 1. The fourth-order valence-electron chi connectivity index (χ4n) is 4.09. The van der Waals surface area contributed by atoms with Gasteiger partial charge in [-0.25, -0.2) is 4.68 Å². The summed E-state index contributed by atoms with van der Waals surface area (Å²) in [5, 5.41) is 3.80. The van der Waals surface area contributed by atoms with Gasteiger partial charge in [-0.2, -0.15) is 18.3 Å². The molecule has 0 radical (unpaired) electrons. The second-order valence-corrected chi connectivity index (χ2v) is 7.57. The number of anilines is 1. The molecule has 0 aliphatic carbocycles. The van der Waals surface area contributed by atoms with Gasteiger partial charge >= 0.3 is 6.18 Å². The van der Waals surface area contributed by atoms with E-state index in [1.165, 1.54) is 10.2 Å². The first-order chi connectivity index (χ1) is 14.5. The van der Waals surface area contributed by atoms with Crippen molar-refractivity contribution in [2.75, 3.05) is 18.0 Å². The first-order valence-corrected chi connectivity index (χ1v) is 9.97. The van der Waals surface area contributed by atoms with Crippen LogP contribution >= 0.6 is 0 Å². The van der Waals surface area contributed by atoms with E-state index < -0.39 is 17.4 Å². The number of piperidine rings is 1. The summed E-state index contributed by atoms with van der Waals surface area (Å²) in [5.74, 6) is 0.681. The van der Waals surface area contributed by atoms with E-state index in [4.69, 9.17) is 0 Å². The molecule has 7 heteroatoms. The van der Waals surface area contributed by atoms with Crippen molar-refractivity contribution in [3.63, 3.8) is 0 Å². The molecule has 1 fully saturated rings. The van der Waals surface area contributed by atoms with E-state index in [1.54, 1.807) is 30.3 Å². The lowest BCUT2D eigenvalue weighted by molar-refractivity contribution is -0.141. The third-order valence-corrected chi connectivity index (χ3v) is 5.57. The van der Waals surface area contributed by atoms with E-state index in [0.29, 0.717) is 24.7 Å². The maximum absolute atomic E-state index is 13.6. The van der Waals surface area contributed by atoms with Crippen molar-refractivity contribution >= 4 is 12.1 Å². The van der Waals surface area contributed by atoms with Crippen LogP contribution in [0.2, 0.25) is 0 Å². The number of hydrogen-bond acceptors (Lipinski definition) is 3. The van der Waals surface area contributed by atoms with Gasteiger partial charge in [-0.15, -0.1) is 0 Å². The van der Waals surface area contributed by atoms with Crippen molar-refractivity contribution in [2.24, 2.45) is 5.92 Å². The molecule has 4 rings (SSSR count). The quantitative estimate of drug-likeness (QED) is 0.542. The maximum Gasteiger partial charge on any atom is 0.435 e. The Balaban J connectivity index is 1.63. The molecule has 0 saturated carbocycles. The Morgan fingerprint density at radius 2 is 1.57 bits per heavy atom. The van der Waals surface area contributed by atoms with Gasteiger partial charge in [0.05, 0.1) is 11.3 Å². The summed E-state index contributed by atoms with van der Waals surface area (Å²) in [6.45, 7) is 1.16. The van der Waals surface area contributed by atoms with E-state index in [9.17, 15) is 18.0 Å². The molecule has 4 nitrogen and oxygen atoms in total. The molecule has 0 bridgehead atoms. The Morgan fingerprint density at radius 3 is 2.13 bits per heavy atom. The summed E-state index contributed by atoms with van der Waals surface area (Å²) >= 11 is 0. The van der Waals surface area contributed by atoms with Gasteiger partial charge in [-0.1, -0.05) is 48.5 Å². The SMILES string of the molecule is O=Cc1c(C(F)(F)F)nn(-c2ccccc2)c1N1CCC(Cc2ccccc2)CC1. The van der Waals surface area contributed by atoms with Gasteiger partial charge in [0.15, 0.2) is 12.0 Å². The van der Waals surface area contributed by atoms with E-state index in [1.807, 2.05) is 23.1 Å². The maximum atomic E-state index is 13.6. The zero-order chi connectivity index (χ0) is 21.1. The predicted octanol–water partition coefficient (Wildman–Crippen LogP) is 5.16. The van der Waals surface area contributed by atoms with Gasteiger partial charge in [0.2, 0.25) is 0 Å². The van der Waals surface area contributed by atoms with E-state index >= 15 is 0 Å². The number of halogens is 3. The fraction of sp³-hybridized carbons (Fsp3) is 0.304. The highest BCUT2D eigenvalue weighted by Gasteiger charge is 2.41. The van der Waals surface area contributed by atoms with Crippen LogP contribution in [0.4, 0.5) is 19.0 Å². The number of carbonyl (C=O) groups is 1. The van der Waals surface area contributed by atoms with Crippen LogP contribution in [0.25, 0.3) is 5.69 Å². The Morgan fingerprint density at radius 1 is 0.967 bits per heavy atom. The predicted molar refractivity (Wildman–Crippen MR) is 109 cm³/mol. The molecule has 30 heavy (non-hydrogen) atoms. The number of nitrogens with zero attached hydrogens (tertiary/aromatic N) is 3. The van der Waals surface area contributed by atoms with Crippen molar-refractivity contribution in [3.8, 4) is 5.69 Å². The average Bonchev–Trinajstić information content (AvgIpc) is 3.16. The zero-order valence-corrected chi connectivity index (χ0v) is 16.3. The minimum absolute atomic E-state index is 0.224. The molecule has 1 aliphatic heterocycles. The van der Waals surface area contributed by atoms with Crippen molar-refractivity contribution in [1.29, 1.82) is 0 Å². The normalized spacial score (nSPS) is 15.4. The minimum atomic E-state index is -4.70. The molecular formula is C23H22F3N3O. The Bertz CT molecular complexity index is 992. The monoisotopic (exact) mass is 413 g/mol. The first-order valence-electron chi connectivity index (χ1n) is 9.97. The van der Waals surface area contributed by atoms with Crippen LogP contribution < -0.4 is 4.90 Å². The smallest absolute Gasteiger partial charge is 0.356 e. The lowest BCUT2D eigenvalue weighted by Gasteiger charge is -2.34. The van der Waals surface area contributed by atoms with Crippen molar-refractivity contribution in [2.45, 2.75) is 25.4 Å². The van der Waals surface area contributed by atoms with E-state index in [0.717, 1.165) is 19.3 Å². The topological polar surface area (TPSA) is 38.1 Å². The summed E-state index contributed by atoms with van der Waals surface area (Å²) in [6, 6.07) is 18.8. The van der Waals surface area contributed by atoms with Crippen LogP contribution in [0.3, 0.4) is 0 Å². The molecule has 0 spiro atoms. The van der Waals surface area contributed by atoms with Crippen molar-refractivity contribution in [3.05, 3.63) is 77.5 Å². The highest BCUT2D eigenvalue weighted by Crippen LogP contribution is 2.38. The second kappa shape index (κ2) is 8.34. The summed E-state index contributed by atoms with van der Waals surface area (Å²) in [7, 11) is 0. The molecule has 3 aromatic rings. The van der Waals surface area contributed by atoms with Gasteiger partial charge in [0.25, 0.3) is 0 Å². The Labute approximate surface area is 172 Å². The molecule has 156 valence electrons. The number of aldehydes is 1. The molecule has 0 atom stereocenters. The standard InChI is InChI=1S/C23H22F3N3O/c24-23(25,26)21-20(16-30)22(29(27-21)19-9-5-2-6-10-19)28-13-11-18(12-14-28)15-17-7-3-1-4-8-17/h1-10,16,18H,11-15H2. The van der Waals surface area contributed by atoms with Crippen LogP contribution in [0.5, 0.6) is 0 Å². The fourth-order valence-corrected chi connectivity index (χ4v) is 4.09. The molecule has 2 aromatic carbocycles. The minimum Gasteiger partial charge on any atom is -0.356 e. The molecule has 1 aliphatic rings. The number of rotatable bonds is 5. The third kappa shape index (κ3) is 4.10. The number of benzene rings is 2. The van der Waals surface area contributed by atoms with Gasteiger partial charge in [0.1, 0.15) is 5.82 Å². The summed E-state index contributed by atoms with van der Waals surface area (Å²) in [6.07, 6.45) is -1.79. The van der Waals surface area contributed by atoms with E-state index in [-0.39, 0.29) is 12.1 Å². The largest absolute Gasteiger partial charge is 0.435 e. The summed E-state index contributed by atoms with van der Waals surface area (Å²) < 4.78 is 41.9. The summed E-state index contributed by atoms with van der Waals surface area (Å²) in [4.78, 5) is 13.6. The average molecular weight is 413 g/mol. The van der Waals surface area contributed by atoms with Gasteiger partial charge in [-0.05, 0) is 42.9 Å². The highest BCUT2D eigenvalue weighted by atomic mass is 19.4. The van der Waals surface area contributed by atoms with Gasteiger partial charge in [0, 0.05) is 13.1 Å². The van der Waals surface area contributed by atoms with Crippen LogP contribution in [-0.2, 0) is 12.6 Å². The molecule has 0 N–H and O–H groups in total. The van der Waals surface area contributed by atoms with Crippen molar-refractivity contribution < 1.29 is 18.0 Å². The Hall–Kier alpha value is -3.09.